The maximum Gasteiger partial charge on any atom is -0.0122 e. The van der Waals surface area contributed by atoms with E-state index in [1.807, 2.05) is 25.2 Å². The third-order valence-corrected chi connectivity index (χ3v) is 0.496. The van der Waals surface area contributed by atoms with Crippen molar-refractivity contribution in [1.29, 1.82) is 0 Å². The van der Waals surface area contributed by atoms with Crippen molar-refractivity contribution in [2.24, 2.45) is 0 Å². The molecule has 0 aliphatic heterocycles. The Labute approximate surface area is 44.5 Å². The molecule has 0 spiro atoms. The summed E-state index contributed by atoms with van der Waals surface area (Å²) in [7, 11) is 0. The van der Waals surface area contributed by atoms with Gasteiger partial charge in [-0.25, -0.2) is 0 Å². The predicted octanol–water partition coefficient (Wildman–Crippen LogP) is 1.75. The van der Waals surface area contributed by atoms with Crippen LogP contribution in [0.2, 0.25) is 0 Å². The molecule has 0 saturated heterocycles. The van der Waals surface area contributed by atoms with Crippen LogP contribution in [-0.2, 0) is 0 Å². The monoisotopic (exact) mass is 92.1 g/mol. The van der Waals surface area contributed by atoms with Crippen molar-refractivity contribution in [3.8, 4) is 12.3 Å². The summed E-state index contributed by atoms with van der Waals surface area (Å²) in [6, 6.07) is 0. The Morgan fingerprint density at radius 3 is 2.57 bits per heavy atom. The van der Waals surface area contributed by atoms with Gasteiger partial charge in [0.15, 0.2) is 0 Å². The van der Waals surface area contributed by atoms with Crippen molar-refractivity contribution in [3.63, 3.8) is 0 Å². The largest absolute Gasteiger partial charge is 0.115 e. The van der Waals surface area contributed by atoms with Gasteiger partial charge in [0.2, 0.25) is 0 Å². The van der Waals surface area contributed by atoms with Gasteiger partial charge in [0.1, 0.15) is 0 Å². The van der Waals surface area contributed by atoms with Crippen LogP contribution in [0.3, 0.4) is 0 Å². The number of terminal acetylenes is 1. The van der Waals surface area contributed by atoms with E-state index in [1.165, 1.54) is 0 Å². The number of hydrogen-bond donors (Lipinski definition) is 0. The van der Waals surface area contributed by atoms with Crippen molar-refractivity contribution in [2.75, 3.05) is 0 Å². The van der Waals surface area contributed by atoms with Crippen molar-refractivity contribution in [2.45, 2.75) is 6.92 Å². The van der Waals surface area contributed by atoms with Crippen LogP contribution in [0.25, 0.3) is 0 Å². The number of allylic oxidation sites excluding steroid dienone is 4. The molecule has 0 aromatic rings. The van der Waals surface area contributed by atoms with E-state index in [0.717, 1.165) is 0 Å². The maximum absolute atomic E-state index is 4.90. The first-order chi connectivity index (χ1) is 3.41. The van der Waals surface area contributed by atoms with Gasteiger partial charge in [-0.2, -0.15) is 0 Å². The Hall–Kier alpha value is -0.960. The van der Waals surface area contributed by atoms with Crippen molar-refractivity contribution >= 4 is 0 Å². The third-order valence-electron chi connectivity index (χ3n) is 0.496. The average molecular weight is 92.1 g/mol. The predicted molar refractivity (Wildman–Crippen MR) is 32.8 cm³/mol. The lowest BCUT2D eigenvalue weighted by Crippen LogP contribution is -1.44. The van der Waals surface area contributed by atoms with E-state index in [4.69, 9.17) is 6.42 Å². The van der Waals surface area contributed by atoms with E-state index in [2.05, 4.69) is 5.92 Å². The van der Waals surface area contributed by atoms with E-state index >= 15 is 0 Å². The zero-order valence-corrected chi connectivity index (χ0v) is 4.39. The van der Waals surface area contributed by atoms with Crippen molar-refractivity contribution in [1.82, 2.24) is 0 Å². The van der Waals surface area contributed by atoms with E-state index in [0.29, 0.717) is 0 Å². The smallest absolute Gasteiger partial charge is 0.0122 e. The summed E-state index contributed by atoms with van der Waals surface area (Å²) in [5.74, 6) is 2.37. The summed E-state index contributed by atoms with van der Waals surface area (Å²) in [6.45, 7) is 1.95. The lowest BCUT2D eigenvalue weighted by atomic mass is 10.4. The first-order valence-electron chi connectivity index (χ1n) is 2.15. The zero-order chi connectivity index (χ0) is 5.54. The molecular weight excluding hydrogens is 84.1 g/mol. The van der Waals surface area contributed by atoms with Crippen LogP contribution < -0.4 is 0 Å². The third kappa shape index (κ3) is 5.04. The molecule has 0 aromatic carbocycles. The SMILES string of the molecule is C#C/C=C/C=C/C. The minimum absolute atomic E-state index is 1.65. The standard InChI is InChI=1S/C7H8/c1-3-5-7-6-4-2/h1,4-7H,2H3/b6-4+,7-5+. The summed E-state index contributed by atoms with van der Waals surface area (Å²) >= 11 is 0. The fourth-order valence-electron chi connectivity index (χ4n) is 0.222. The zero-order valence-electron chi connectivity index (χ0n) is 4.39. The fourth-order valence-corrected chi connectivity index (χ4v) is 0.222. The van der Waals surface area contributed by atoms with Crippen LogP contribution in [0.1, 0.15) is 6.92 Å². The van der Waals surface area contributed by atoms with Crippen LogP contribution >= 0.6 is 0 Å². The summed E-state index contributed by atoms with van der Waals surface area (Å²) in [5.41, 5.74) is 0. The van der Waals surface area contributed by atoms with Gasteiger partial charge >= 0.3 is 0 Å². The highest BCUT2D eigenvalue weighted by Crippen LogP contribution is 1.71. The molecule has 0 N–H and O–H groups in total. The molecule has 0 atom stereocenters. The minimum atomic E-state index is 1.65. The molecule has 0 aliphatic rings. The molecule has 36 valence electrons. The van der Waals surface area contributed by atoms with Crippen LogP contribution in [0.4, 0.5) is 0 Å². The molecule has 7 heavy (non-hydrogen) atoms. The highest BCUT2D eigenvalue weighted by Gasteiger charge is 1.52. The van der Waals surface area contributed by atoms with Gasteiger partial charge in [0.25, 0.3) is 0 Å². The lowest BCUT2D eigenvalue weighted by Gasteiger charge is -1.63. The lowest BCUT2D eigenvalue weighted by molar-refractivity contribution is 1.74. The Kier molecular flexibility index (Phi) is 4.35. The van der Waals surface area contributed by atoms with Crippen LogP contribution in [0, 0.1) is 12.3 Å². The molecule has 0 heteroatoms. The van der Waals surface area contributed by atoms with Gasteiger partial charge in [0, 0.05) is 0 Å². The van der Waals surface area contributed by atoms with Crippen molar-refractivity contribution in [3.05, 3.63) is 24.3 Å². The molecule has 0 unspecified atom stereocenters. The highest BCUT2D eigenvalue weighted by molar-refractivity contribution is 5.14. The first kappa shape index (κ1) is 6.04. The average Bonchev–Trinajstić information content (AvgIpc) is 1.69. The van der Waals surface area contributed by atoms with Gasteiger partial charge in [-0.3, -0.25) is 0 Å². The molecule has 0 saturated carbocycles. The Morgan fingerprint density at radius 2 is 2.14 bits per heavy atom. The molecule has 0 radical (unpaired) electrons. The second-order valence-corrected chi connectivity index (χ2v) is 1.05. The Morgan fingerprint density at radius 1 is 1.43 bits per heavy atom. The maximum atomic E-state index is 4.90. The highest BCUT2D eigenvalue weighted by atomic mass is 13.6. The van der Waals surface area contributed by atoms with E-state index in [1.54, 1.807) is 6.08 Å². The molecule has 0 amide bonds. The summed E-state index contributed by atoms with van der Waals surface area (Å²) in [4.78, 5) is 0. The van der Waals surface area contributed by atoms with Crippen molar-refractivity contribution < 1.29 is 0 Å². The molecule has 0 bridgehead atoms. The summed E-state index contributed by atoms with van der Waals surface area (Å²) < 4.78 is 0. The van der Waals surface area contributed by atoms with E-state index in [-0.39, 0.29) is 0 Å². The number of rotatable bonds is 1. The number of hydrogen-bond acceptors (Lipinski definition) is 0. The van der Waals surface area contributed by atoms with Gasteiger partial charge in [0.05, 0.1) is 0 Å². The Bertz CT molecular complexity index is 110. The minimum Gasteiger partial charge on any atom is -0.115 e. The normalized spacial score (nSPS) is 10.3. The van der Waals surface area contributed by atoms with Crippen LogP contribution in [0.5, 0.6) is 0 Å². The van der Waals surface area contributed by atoms with Crippen LogP contribution in [0.15, 0.2) is 24.3 Å². The topological polar surface area (TPSA) is 0 Å². The second kappa shape index (κ2) is 5.04. The van der Waals surface area contributed by atoms with Gasteiger partial charge in [-0.15, -0.1) is 6.42 Å². The summed E-state index contributed by atoms with van der Waals surface area (Å²) in [6.07, 6.45) is 12.2. The molecule has 0 aromatic heterocycles. The fraction of sp³-hybridized carbons (Fsp3) is 0.143. The van der Waals surface area contributed by atoms with Gasteiger partial charge in [-0.1, -0.05) is 24.1 Å². The second-order valence-electron chi connectivity index (χ2n) is 1.05. The molecule has 0 nitrogen and oxygen atoms in total. The van der Waals surface area contributed by atoms with Crippen LogP contribution in [-0.4, -0.2) is 0 Å². The molecule has 0 heterocycles. The summed E-state index contributed by atoms with van der Waals surface area (Å²) in [5, 5.41) is 0. The van der Waals surface area contributed by atoms with Gasteiger partial charge < -0.3 is 0 Å². The molecule has 0 fully saturated rings. The molecular formula is C7H8. The quantitative estimate of drug-likeness (QED) is 0.341. The van der Waals surface area contributed by atoms with E-state index in [9.17, 15) is 0 Å². The molecule has 0 aliphatic carbocycles. The van der Waals surface area contributed by atoms with Gasteiger partial charge in [-0.05, 0) is 13.0 Å². The first-order valence-corrected chi connectivity index (χ1v) is 2.15. The Balaban J connectivity index is 3.33. The van der Waals surface area contributed by atoms with E-state index < -0.39 is 0 Å². The molecule has 0 rings (SSSR count).